The standard InChI is InChI=1S/C14H14N4O3/c19-14(6-7-16-10-12(9-15-16)18(20)21)17-8-5-11-3-1-2-4-13(11)17/h1-4,9-10H,5-8H2. The molecule has 0 aliphatic carbocycles. The number of hydrogen-bond donors (Lipinski definition) is 0. The van der Waals surface area contributed by atoms with Gasteiger partial charge in [0.15, 0.2) is 0 Å². The van der Waals surface area contributed by atoms with E-state index in [9.17, 15) is 14.9 Å². The van der Waals surface area contributed by atoms with Gasteiger partial charge in [-0.15, -0.1) is 0 Å². The van der Waals surface area contributed by atoms with Crippen molar-refractivity contribution in [2.24, 2.45) is 0 Å². The van der Waals surface area contributed by atoms with E-state index >= 15 is 0 Å². The van der Waals surface area contributed by atoms with Gasteiger partial charge in [-0.2, -0.15) is 5.10 Å². The summed E-state index contributed by atoms with van der Waals surface area (Å²) in [4.78, 5) is 24.1. The number of nitrogens with zero attached hydrogens (tertiary/aromatic N) is 4. The maximum absolute atomic E-state index is 12.3. The van der Waals surface area contributed by atoms with E-state index in [2.05, 4.69) is 5.10 Å². The molecule has 0 fully saturated rings. The Kier molecular flexibility index (Phi) is 3.39. The highest BCUT2D eigenvalue weighted by molar-refractivity contribution is 5.95. The zero-order valence-electron chi connectivity index (χ0n) is 11.3. The van der Waals surface area contributed by atoms with Gasteiger partial charge in [0, 0.05) is 25.2 Å². The predicted octanol–water partition coefficient (Wildman–Crippen LogP) is 1.77. The van der Waals surface area contributed by atoms with Crippen LogP contribution in [-0.4, -0.2) is 27.2 Å². The molecular formula is C14H14N4O3. The molecule has 1 aromatic carbocycles. The quantitative estimate of drug-likeness (QED) is 0.633. The maximum atomic E-state index is 12.3. The molecular weight excluding hydrogens is 272 g/mol. The highest BCUT2D eigenvalue weighted by atomic mass is 16.6. The summed E-state index contributed by atoms with van der Waals surface area (Å²) < 4.78 is 1.43. The molecule has 7 nitrogen and oxygen atoms in total. The van der Waals surface area contributed by atoms with Crippen LogP contribution in [0.5, 0.6) is 0 Å². The van der Waals surface area contributed by atoms with E-state index < -0.39 is 4.92 Å². The van der Waals surface area contributed by atoms with Crippen molar-refractivity contribution in [3.8, 4) is 0 Å². The zero-order valence-corrected chi connectivity index (χ0v) is 11.3. The first kappa shape index (κ1) is 13.3. The van der Waals surface area contributed by atoms with E-state index in [1.54, 1.807) is 4.90 Å². The molecule has 1 aliphatic rings. The summed E-state index contributed by atoms with van der Waals surface area (Å²) in [5, 5.41) is 14.5. The maximum Gasteiger partial charge on any atom is 0.306 e. The Morgan fingerprint density at radius 1 is 1.38 bits per heavy atom. The first-order valence-electron chi connectivity index (χ1n) is 6.70. The molecule has 0 atom stereocenters. The van der Waals surface area contributed by atoms with E-state index in [1.807, 2.05) is 24.3 Å². The Morgan fingerprint density at radius 2 is 2.19 bits per heavy atom. The molecule has 0 saturated carbocycles. The van der Waals surface area contributed by atoms with E-state index in [0.717, 1.165) is 12.1 Å². The SMILES string of the molecule is O=C(CCn1cc([N+](=O)[O-])cn1)N1CCc2ccccc21. The largest absolute Gasteiger partial charge is 0.312 e. The number of nitro groups is 1. The van der Waals surface area contributed by atoms with Crippen LogP contribution in [0.15, 0.2) is 36.7 Å². The van der Waals surface area contributed by atoms with Crippen molar-refractivity contribution >= 4 is 17.3 Å². The van der Waals surface area contributed by atoms with E-state index in [-0.39, 0.29) is 18.0 Å². The fourth-order valence-corrected chi connectivity index (χ4v) is 2.51. The van der Waals surface area contributed by atoms with Crippen LogP contribution in [0.25, 0.3) is 0 Å². The smallest absolute Gasteiger partial charge is 0.306 e. The highest BCUT2D eigenvalue weighted by Crippen LogP contribution is 2.27. The van der Waals surface area contributed by atoms with Crippen molar-refractivity contribution in [2.45, 2.75) is 19.4 Å². The van der Waals surface area contributed by atoms with Crippen LogP contribution in [0, 0.1) is 10.1 Å². The van der Waals surface area contributed by atoms with Crippen LogP contribution in [0.2, 0.25) is 0 Å². The van der Waals surface area contributed by atoms with Gasteiger partial charge in [0.05, 0.1) is 4.92 Å². The average molecular weight is 286 g/mol. The van der Waals surface area contributed by atoms with E-state index in [0.29, 0.717) is 13.1 Å². The first-order chi connectivity index (χ1) is 10.1. The normalized spacial score (nSPS) is 13.2. The van der Waals surface area contributed by atoms with Gasteiger partial charge in [-0.1, -0.05) is 18.2 Å². The van der Waals surface area contributed by atoms with Crippen LogP contribution < -0.4 is 4.90 Å². The van der Waals surface area contributed by atoms with Crippen molar-refractivity contribution in [1.29, 1.82) is 0 Å². The molecule has 1 aliphatic heterocycles. The monoisotopic (exact) mass is 286 g/mol. The lowest BCUT2D eigenvalue weighted by atomic mass is 10.2. The molecule has 2 heterocycles. The third kappa shape index (κ3) is 2.62. The Hall–Kier alpha value is -2.70. The summed E-state index contributed by atoms with van der Waals surface area (Å²) in [7, 11) is 0. The molecule has 1 aromatic heterocycles. The van der Waals surface area contributed by atoms with Gasteiger partial charge in [-0.3, -0.25) is 19.6 Å². The number of carbonyl (C=O) groups is 1. The number of para-hydroxylation sites is 1. The molecule has 0 radical (unpaired) electrons. The zero-order chi connectivity index (χ0) is 14.8. The Labute approximate surface area is 120 Å². The second kappa shape index (κ2) is 5.35. The number of hydrogen-bond acceptors (Lipinski definition) is 4. The Morgan fingerprint density at radius 3 is 2.95 bits per heavy atom. The Bertz CT molecular complexity index is 695. The van der Waals surface area contributed by atoms with Gasteiger partial charge < -0.3 is 4.90 Å². The second-order valence-corrected chi connectivity index (χ2v) is 4.89. The molecule has 1 amide bonds. The minimum atomic E-state index is -0.498. The lowest BCUT2D eigenvalue weighted by Gasteiger charge is -2.17. The summed E-state index contributed by atoms with van der Waals surface area (Å²) in [6, 6.07) is 7.86. The number of aromatic nitrogens is 2. The summed E-state index contributed by atoms with van der Waals surface area (Å²) in [6.07, 6.45) is 3.67. The fraction of sp³-hybridized carbons (Fsp3) is 0.286. The Balaban J connectivity index is 1.63. The van der Waals surface area contributed by atoms with Gasteiger partial charge in [0.2, 0.25) is 5.91 Å². The molecule has 21 heavy (non-hydrogen) atoms. The van der Waals surface area contributed by atoms with E-state index in [1.165, 1.54) is 22.6 Å². The summed E-state index contributed by atoms with van der Waals surface area (Å²) >= 11 is 0. The van der Waals surface area contributed by atoms with Crippen LogP contribution >= 0.6 is 0 Å². The van der Waals surface area contributed by atoms with Gasteiger partial charge in [0.1, 0.15) is 12.4 Å². The molecule has 3 rings (SSSR count). The molecule has 0 saturated heterocycles. The van der Waals surface area contributed by atoms with Gasteiger partial charge >= 0.3 is 5.69 Å². The highest BCUT2D eigenvalue weighted by Gasteiger charge is 2.23. The summed E-state index contributed by atoms with van der Waals surface area (Å²) in [6.45, 7) is 1.03. The number of amides is 1. The third-order valence-electron chi connectivity index (χ3n) is 3.57. The average Bonchev–Trinajstić information content (AvgIpc) is 3.11. The van der Waals surface area contributed by atoms with Crippen LogP contribution in [0.1, 0.15) is 12.0 Å². The van der Waals surface area contributed by atoms with Crippen molar-refractivity contribution in [3.63, 3.8) is 0 Å². The van der Waals surface area contributed by atoms with Gasteiger partial charge in [-0.05, 0) is 18.1 Å². The molecule has 2 aromatic rings. The molecule has 0 spiro atoms. The fourth-order valence-electron chi connectivity index (χ4n) is 2.51. The topological polar surface area (TPSA) is 81.3 Å². The van der Waals surface area contributed by atoms with Crippen LogP contribution in [-0.2, 0) is 17.8 Å². The predicted molar refractivity (Wildman–Crippen MR) is 76.0 cm³/mol. The number of anilines is 1. The van der Waals surface area contributed by atoms with Gasteiger partial charge in [-0.25, -0.2) is 0 Å². The van der Waals surface area contributed by atoms with Crippen molar-refractivity contribution in [1.82, 2.24) is 9.78 Å². The number of fused-ring (bicyclic) bond motifs is 1. The molecule has 0 bridgehead atoms. The lowest BCUT2D eigenvalue weighted by molar-refractivity contribution is -0.385. The summed E-state index contributed by atoms with van der Waals surface area (Å²) in [5.74, 6) is 0.0121. The van der Waals surface area contributed by atoms with Crippen LogP contribution in [0.4, 0.5) is 11.4 Å². The van der Waals surface area contributed by atoms with E-state index in [4.69, 9.17) is 0 Å². The molecule has 0 unspecified atom stereocenters. The minimum absolute atomic E-state index is 0.0121. The first-order valence-corrected chi connectivity index (χ1v) is 6.70. The molecule has 108 valence electrons. The van der Waals surface area contributed by atoms with Crippen molar-refractivity contribution in [3.05, 3.63) is 52.3 Å². The summed E-state index contributed by atoms with van der Waals surface area (Å²) in [5.41, 5.74) is 2.09. The minimum Gasteiger partial charge on any atom is -0.312 e. The number of carbonyl (C=O) groups excluding carboxylic acids is 1. The lowest BCUT2D eigenvalue weighted by Crippen LogP contribution is -2.29. The third-order valence-corrected chi connectivity index (χ3v) is 3.57. The number of aryl methyl sites for hydroxylation is 1. The molecule has 0 N–H and O–H groups in total. The van der Waals surface area contributed by atoms with Crippen LogP contribution in [0.3, 0.4) is 0 Å². The van der Waals surface area contributed by atoms with Crippen molar-refractivity contribution in [2.75, 3.05) is 11.4 Å². The van der Waals surface area contributed by atoms with Gasteiger partial charge in [0.25, 0.3) is 0 Å². The second-order valence-electron chi connectivity index (χ2n) is 4.89. The van der Waals surface area contributed by atoms with Crippen molar-refractivity contribution < 1.29 is 9.72 Å². The molecule has 7 heteroatoms. The number of benzene rings is 1. The number of rotatable bonds is 4.